The van der Waals surface area contributed by atoms with Crippen molar-refractivity contribution in [2.24, 2.45) is 5.73 Å². The Balaban J connectivity index is 1.87. The summed E-state index contributed by atoms with van der Waals surface area (Å²) in [5.74, 6) is -2.70. The van der Waals surface area contributed by atoms with Crippen LogP contribution in [0.5, 0.6) is 5.75 Å². The largest absolute Gasteiger partial charge is 0.497 e. The zero-order valence-electron chi connectivity index (χ0n) is 22.0. The molecule has 0 saturated heterocycles. The van der Waals surface area contributed by atoms with Gasteiger partial charge in [0.15, 0.2) is 0 Å². The molecule has 3 N–H and O–H groups in total. The van der Waals surface area contributed by atoms with Crippen molar-refractivity contribution in [3.8, 4) is 11.8 Å². The molecule has 0 bridgehead atoms. The number of methoxy groups -OCH3 is 3. The predicted octanol–water partition coefficient (Wildman–Crippen LogP) is 3.85. The highest BCUT2D eigenvalue weighted by Gasteiger charge is 2.43. The minimum atomic E-state index is -0.997. The SMILES string of the molecule is COC(=O)C1=C(C(=O)OC)N(c2cccc(C(=O)Nc3cccc(OC)c3)c2)C(N)=C(C#N)C1c1ccccc1. The number of anilines is 2. The molecule has 10 nitrogen and oxygen atoms in total. The highest BCUT2D eigenvalue weighted by Crippen LogP contribution is 2.43. The van der Waals surface area contributed by atoms with E-state index >= 15 is 0 Å². The summed E-state index contributed by atoms with van der Waals surface area (Å²) in [5.41, 5.74) is 7.72. The number of carbonyl (C=O) groups excluding carboxylic acids is 3. The molecule has 0 spiro atoms. The molecule has 1 amide bonds. The molecule has 1 atom stereocenters. The van der Waals surface area contributed by atoms with Gasteiger partial charge in [-0.3, -0.25) is 9.69 Å². The quantitative estimate of drug-likeness (QED) is 0.429. The molecule has 4 rings (SSSR count). The first-order chi connectivity index (χ1) is 19.3. The van der Waals surface area contributed by atoms with E-state index in [-0.39, 0.29) is 33.9 Å². The fourth-order valence-electron chi connectivity index (χ4n) is 4.47. The van der Waals surface area contributed by atoms with E-state index in [0.717, 1.165) is 7.11 Å². The van der Waals surface area contributed by atoms with Gasteiger partial charge in [0.25, 0.3) is 5.91 Å². The van der Waals surface area contributed by atoms with Crippen molar-refractivity contribution in [1.29, 1.82) is 5.26 Å². The third-order valence-electron chi connectivity index (χ3n) is 6.30. The van der Waals surface area contributed by atoms with E-state index in [2.05, 4.69) is 11.4 Å². The van der Waals surface area contributed by atoms with Crippen molar-refractivity contribution < 1.29 is 28.6 Å². The number of nitrogens with zero attached hydrogens (tertiary/aromatic N) is 2. The second-order valence-corrected chi connectivity index (χ2v) is 8.57. The Labute approximate surface area is 230 Å². The highest BCUT2D eigenvalue weighted by atomic mass is 16.5. The molecule has 1 heterocycles. The van der Waals surface area contributed by atoms with E-state index in [1.54, 1.807) is 72.8 Å². The zero-order chi connectivity index (χ0) is 28.8. The fraction of sp³-hybridized carbons (Fsp3) is 0.133. The maximum Gasteiger partial charge on any atom is 0.355 e. The Morgan fingerprint density at radius 1 is 0.900 bits per heavy atom. The third kappa shape index (κ3) is 5.21. The van der Waals surface area contributed by atoms with Gasteiger partial charge in [0.2, 0.25) is 0 Å². The number of hydrogen-bond donors (Lipinski definition) is 2. The van der Waals surface area contributed by atoms with Crippen molar-refractivity contribution in [3.63, 3.8) is 0 Å². The normalized spacial score (nSPS) is 14.8. The summed E-state index contributed by atoms with van der Waals surface area (Å²) in [4.78, 5) is 40.8. The van der Waals surface area contributed by atoms with Crippen molar-refractivity contribution in [1.82, 2.24) is 0 Å². The van der Waals surface area contributed by atoms with Gasteiger partial charge >= 0.3 is 11.9 Å². The molecular formula is C30H26N4O6. The first-order valence-electron chi connectivity index (χ1n) is 12.1. The van der Waals surface area contributed by atoms with Gasteiger partial charge in [0.05, 0.1) is 44.5 Å². The second kappa shape index (κ2) is 11.9. The molecule has 10 heteroatoms. The van der Waals surface area contributed by atoms with E-state index in [1.807, 2.05) is 0 Å². The van der Waals surface area contributed by atoms with E-state index in [9.17, 15) is 19.6 Å². The molecule has 1 aliphatic rings. The number of carbonyl (C=O) groups is 3. The van der Waals surface area contributed by atoms with Crippen molar-refractivity contribution >= 4 is 29.2 Å². The van der Waals surface area contributed by atoms with Crippen molar-refractivity contribution in [3.05, 3.63) is 113 Å². The summed E-state index contributed by atoms with van der Waals surface area (Å²) in [6.45, 7) is 0. The van der Waals surface area contributed by atoms with Crippen LogP contribution in [-0.2, 0) is 19.1 Å². The number of amides is 1. The lowest BCUT2D eigenvalue weighted by Crippen LogP contribution is -2.40. The maximum atomic E-state index is 13.2. The van der Waals surface area contributed by atoms with Crippen LogP contribution in [0.25, 0.3) is 0 Å². The van der Waals surface area contributed by atoms with Gasteiger partial charge < -0.3 is 25.3 Å². The van der Waals surface area contributed by atoms with Gasteiger partial charge in [-0.25, -0.2) is 9.59 Å². The Bertz CT molecular complexity index is 1570. The number of rotatable bonds is 7. The van der Waals surface area contributed by atoms with E-state index in [1.165, 1.54) is 25.2 Å². The summed E-state index contributed by atoms with van der Waals surface area (Å²) >= 11 is 0. The van der Waals surface area contributed by atoms with Gasteiger partial charge in [-0.1, -0.05) is 42.5 Å². The van der Waals surface area contributed by atoms with Crippen LogP contribution in [0.15, 0.2) is 102 Å². The Hall–Kier alpha value is -5.56. The van der Waals surface area contributed by atoms with E-state index in [0.29, 0.717) is 17.0 Å². The number of ether oxygens (including phenoxy) is 3. The van der Waals surface area contributed by atoms with E-state index < -0.39 is 23.8 Å². The average Bonchev–Trinajstić information content (AvgIpc) is 3.00. The third-order valence-corrected chi connectivity index (χ3v) is 6.30. The number of allylic oxidation sites excluding steroid dienone is 1. The lowest BCUT2D eigenvalue weighted by Gasteiger charge is -2.36. The number of hydrogen-bond acceptors (Lipinski definition) is 9. The smallest absolute Gasteiger partial charge is 0.355 e. The number of nitriles is 1. The summed E-state index contributed by atoms with van der Waals surface area (Å²) in [7, 11) is 3.86. The molecule has 0 radical (unpaired) electrons. The molecule has 0 fully saturated rings. The van der Waals surface area contributed by atoms with Crippen LogP contribution in [0.2, 0.25) is 0 Å². The summed E-state index contributed by atoms with van der Waals surface area (Å²) < 4.78 is 15.3. The minimum Gasteiger partial charge on any atom is -0.497 e. The number of nitrogens with one attached hydrogen (secondary N) is 1. The molecule has 0 aromatic heterocycles. The van der Waals surface area contributed by atoms with Crippen LogP contribution >= 0.6 is 0 Å². The molecule has 0 saturated carbocycles. The van der Waals surface area contributed by atoms with Gasteiger partial charge in [0, 0.05) is 23.0 Å². The lowest BCUT2D eigenvalue weighted by atomic mass is 9.81. The summed E-state index contributed by atoms with van der Waals surface area (Å²) in [5, 5.41) is 13.0. The van der Waals surface area contributed by atoms with Gasteiger partial charge in [-0.2, -0.15) is 5.26 Å². The first-order valence-corrected chi connectivity index (χ1v) is 12.1. The lowest BCUT2D eigenvalue weighted by molar-refractivity contribution is -0.139. The maximum absolute atomic E-state index is 13.2. The van der Waals surface area contributed by atoms with Gasteiger partial charge in [0.1, 0.15) is 17.3 Å². The molecule has 0 aliphatic carbocycles. The Morgan fingerprint density at radius 3 is 2.25 bits per heavy atom. The molecule has 3 aromatic rings. The summed E-state index contributed by atoms with van der Waals surface area (Å²) in [6.07, 6.45) is 0. The zero-order valence-corrected chi connectivity index (χ0v) is 22.0. The number of nitrogens with two attached hydrogens (primary N) is 1. The van der Waals surface area contributed by atoms with Crippen LogP contribution in [0.3, 0.4) is 0 Å². The predicted molar refractivity (Wildman–Crippen MR) is 147 cm³/mol. The summed E-state index contributed by atoms with van der Waals surface area (Å²) in [6, 6.07) is 23.9. The molecule has 3 aromatic carbocycles. The standard InChI is InChI=1S/C30H26N4O6/c1-38-22-14-8-12-20(16-22)33-28(35)19-11-7-13-21(15-19)34-26(30(37)40-3)25(29(36)39-2)24(23(17-31)27(34)32)18-9-5-4-6-10-18/h4-16,24H,32H2,1-3H3,(H,33,35). The second-order valence-electron chi connectivity index (χ2n) is 8.57. The molecule has 1 aliphatic heterocycles. The topological polar surface area (TPSA) is 144 Å². The van der Waals surface area contributed by atoms with E-state index in [4.69, 9.17) is 19.9 Å². The van der Waals surface area contributed by atoms with Crippen LogP contribution in [0.1, 0.15) is 21.8 Å². The molecule has 40 heavy (non-hydrogen) atoms. The van der Waals surface area contributed by atoms with Crippen LogP contribution in [-0.4, -0.2) is 39.2 Å². The van der Waals surface area contributed by atoms with Crippen molar-refractivity contribution in [2.45, 2.75) is 5.92 Å². The fourth-order valence-corrected chi connectivity index (χ4v) is 4.47. The number of benzene rings is 3. The minimum absolute atomic E-state index is 0.0190. The number of esters is 2. The van der Waals surface area contributed by atoms with Gasteiger partial charge in [-0.15, -0.1) is 0 Å². The Kier molecular flexibility index (Phi) is 8.16. The first kappa shape index (κ1) is 27.5. The van der Waals surface area contributed by atoms with Crippen LogP contribution in [0, 0.1) is 11.3 Å². The average molecular weight is 539 g/mol. The van der Waals surface area contributed by atoms with Crippen LogP contribution in [0.4, 0.5) is 11.4 Å². The Morgan fingerprint density at radius 2 is 1.60 bits per heavy atom. The molecule has 202 valence electrons. The van der Waals surface area contributed by atoms with Gasteiger partial charge in [-0.05, 0) is 35.9 Å². The monoisotopic (exact) mass is 538 g/mol. The molecule has 1 unspecified atom stereocenters. The highest BCUT2D eigenvalue weighted by molar-refractivity contribution is 6.08. The van der Waals surface area contributed by atoms with Crippen LogP contribution < -0.4 is 20.7 Å². The molecular weight excluding hydrogens is 512 g/mol. The van der Waals surface area contributed by atoms with Crippen molar-refractivity contribution in [2.75, 3.05) is 31.5 Å².